The monoisotopic (exact) mass is 441 g/mol. The quantitative estimate of drug-likeness (QED) is 0.285. The number of ether oxygens (including phenoxy) is 2. The molecule has 6 heteroatoms. The van der Waals surface area contributed by atoms with Crippen molar-refractivity contribution in [3.63, 3.8) is 0 Å². The number of nitrogens with zero attached hydrogens (tertiary/aromatic N) is 1. The summed E-state index contributed by atoms with van der Waals surface area (Å²) in [4.78, 5) is 4.27. The van der Waals surface area contributed by atoms with Crippen molar-refractivity contribution < 1.29 is 9.47 Å². The molecule has 0 amide bonds. The lowest BCUT2D eigenvalue weighted by molar-refractivity contribution is 0.128. The van der Waals surface area contributed by atoms with Crippen LogP contribution in [0.3, 0.4) is 0 Å². The lowest BCUT2D eigenvalue weighted by atomic mass is 10.2. The number of aliphatic imine (C=N–C) groups is 1. The standard InChI is InChI=1S/C18H23N3O2.HI/c1-22-14-16-9-5-6-10-17(16)21-18(19)20-11-12-23-13-15-7-3-2-4-8-15;/h2-10H,11-14H2,1H3,(H3,19,20,21);1H. The van der Waals surface area contributed by atoms with Gasteiger partial charge in [0.05, 0.1) is 26.4 Å². The Labute approximate surface area is 160 Å². The van der Waals surface area contributed by atoms with Crippen LogP contribution in [0.25, 0.3) is 0 Å². The number of nitrogens with two attached hydrogens (primary N) is 1. The molecule has 0 aromatic heterocycles. The van der Waals surface area contributed by atoms with Gasteiger partial charge in [-0.25, -0.2) is 0 Å². The summed E-state index contributed by atoms with van der Waals surface area (Å²) in [7, 11) is 1.66. The van der Waals surface area contributed by atoms with Crippen molar-refractivity contribution in [3.8, 4) is 0 Å². The van der Waals surface area contributed by atoms with E-state index in [0.717, 1.165) is 16.8 Å². The molecule has 0 bridgehead atoms. The second-order valence-electron chi connectivity index (χ2n) is 5.02. The molecule has 2 aromatic rings. The molecular weight excluding hydrogens is 417 g/mol. The molecule has 130 valence electrons. The minimum Gasteiger partial charge on any atom is -0.380 e. The largest absolute Gasteiger partial charge is 0.380 e. The van der Waals surface area contributed by atoms with Gasteiger partial charge < -0.3 is 20.5 Å². The first-order chi connectivity index (χ1) is 11.3. The van der Waals surface area contributed by atoms with E-state index in [0.29, 0.717) is 32.3 Å². The number of benzene rings is 2. The van der Waals surface area contributed by atoms with Crippen molar-refractivity contribution in [1.82, 2.24) is 0 Å². The Hall–Kier alpha value is -1.64. The normalized spacial score (nSPS) is 11.0. The van der Waals surface area contributed by atoms with Crippen LogP contribution in [0.1, 0.15) is 11.1 Å². The average molecular weight is 441 g/mol. The first-order valence-electron chi connectivity index (χ1n) is 7.55. The van der Waals surface area contributed by atoms with Crippen LogP contribution in [0.4, 0.5) is 5.69 Å². The second kappa shape index (κ2) is 11.8. The fraction of sp³-hybridized carbons (Fsp3) is 0.278. The van der Waals surface area contributed by atoms with Gasteiger partial charge >= 0.3 is 0 Å². The Kier molecular flexibility index (Phi) is 10.1. The molecule has 24 heavy (non-hydrogen) atoms. The smallest absolute Gasteiger partial charge is 0.193 e. The van der Waals surface area contributed by atoms with Crippen molar-refractivity contribution in [2.45, 2.75) is 13.2 Å². The zero-order valence-corrected chi connectivity index (χ0v) is 16.1. The van der Waals surface area contributed by atoms with Crippen LogP contribution in [0, 0.1) is 0 Å². The highest BCUT2D eigenvalue weighted by Gasteiger charge is 2.02. The number of halogens is 1. The third-order valence-corrected chi connectivity index (χ3v) is 3.21. The van der Waals surface area contributed by atoms with E-state index in [1.165, 1.54) is 0 Å². The lowest BCUT2D eigenvalue weighted by Gasteiger charge is -2.10. The van der Waals surface area contributed by atoms with Gasteiger partial charge in [0.15, 0.2) is 5.96 Å². The van der Waals surface area contributed by atoms with E-state index >= 15 is 0 Å². The van der Waals surface area contributed by atoms with Crippen LogP contribution in [0.5, 0.6) is 0 Å². The summed E-state index contributed by atoms with van der Waals surface area (Å²) in [6.45, 7) is 2.14. The van der Waals surface area contributed by atoms with E-state index in [1.807, 2.05) is 54.6 Å². The highest BCUT2D eigenvalue weighted by atomic mass is 127. The predicted octanol–water partition coefficient (Wildman–Crippen LogP) is 3.39. The number of anilines is 1. The molecule has 0 radical (unpaired) electrons. The molecule has 2 aromatic carbocycles. The molecule has 0 spiro atoms. The first-order valence-corrected chi connectivity index (χ1v) is 7.55. The molecule has 0 unspecified atom stereocenters. The fourth-order valence-corrected chi connectivity index (χ4v) is 2.10. The van der Waals surface area contributed by atoms with Gasteiger partial charge in [0.1, 0.15) is 0 Å². The molecule has 0 heterocycles. The number of para-hydroxylation sites is 1. The number of hydrogen-bond acceptors (Lipinski definition) is 3. The SMILES string of the molecule is COCc1ccccc1NC(N)=NCCOCc1ccccc1.I. The number of hydrogen-bond donors (Lipinski definition) is 2. The van der Waals surface area contributed by atoms with Gasteiger partial charge in [0, 0.05) is 18.4 Å². The first kappa shape index (κ1) is 20.4. The Morgan fingerprint density at radius 3 is 2.50 bits per heavy atom. The topological polar surface area (TPSA) is 68.9 Å². The summed E-state index contributed by atoms with van der Waals surface area (Å²) in [5.74, 6) is 0.372. The number of nitrogens with one attached hydrogen (secondary N) is 1. The molecule has 0 aliphatic carbocycles. The summed E-state index contributed by atoms with van der Waals surface area (Å²) in [5.41, 5.74) is 8.99. The minimum absolute atomic E-state index is 0. The maximum Gasteiger partial charge on any atom is 0.193 e. The van der Waals surface area contributed by atoms with Crippen LogP contribution in [-0.4, -0.2) is 26.2 Å². The van der Waals surface area contributed by atoms with E-state index in [4.69, 9.17) is 15.2 Å². The lowest BCUT2D eigenvalue weighted by Crippen LogP contribution is -2.24. The Bertz CT molecular complexity index is 621. The average Bonchev–Trinajstić information content (AvgIpc) is 2.57. The van der Waals surface area contributed by atoms with Crippen LogP contribution in [-0.2, 0) is 22.7 Å². The van der Waals surface area contributed by atoms with E-state index < -0.39 is 0 Å². The van der Waals surface area contributed by atoms with Gasteiger partial charge in [0.25, 0.3) is 0 Å². The van der Waals surface area contributed by atoms with Gasteiger partial charge in [0.2, 0.25) is 0 Å². The van der Waals surface area contributed by atoms with Crippen molar-refractivity contribution in [2.75, 3.05) is 25.6 Å². The summed E-state index contributed by atoms with van der Waals surface area (Å²) in [6.07, 6.45) is 0. The molecule has 2 rings (SSSR count). The van der Waals surface area contributed by atoms with Crippen molar-refractivity contribution in [1.29, 1.82) is 0 Å². The number of guanidine groups is 1. The maximum absolute atomic E-state index is 5.91. The van der Waals surface area contributed by atoms with Crippen LogP contribution >= 0.6 is 24.0 Å². The third-order valence-electron chi connectivity index (χ3n) is 3.21. The van der Waals surface area contributed by atoms with Gasteiger partial charge in [-0.05, 0) is 11.6 Å². The number of rotatable bonds is 8. The Morgan fingerprint density at radius 1 is 1.04 bits per heavy atom. The zero-order valence-electron chi connectivity index (χ0n) is 13.8. The third kappa shape index (κ3) is 7.29. The molecule has 0 aliphatic rings. The Balaban J connectivity index is 0.00000288. The summed E-state index contributed by atoms with van der Waals surface area (Å²) in [5, 5.41) is 3.10. The molecule has 0 atom stereocenters. The molecule has 0 fully saturated rings. The van der Waals surface area contributed by atoms with Crippen LogP contribution in [0.2, 0.25) is 0 Å². The van der Waals surface area contributed by atoms with E-state index in [2.05, 4.69) is 10.3 Å². The molecule has 5 nitrogen and oxygen atoms in total. The molecule has 0 saturated carbocycles. The van der Waals surface area contributed by atoms with Crippen molar-refractivity contribution in [2.24, 2.45) is 10.7 Å². The van der Waals surface area contributed by atoms with E-state index in [1.54, 1.807) is 7.11 Å². The second-order valence-corrected chi connectivity index (χ2v) is 5.02. The van der Waals surface area contributed by atoms with E-state index in [9.17, 15) is 0 Å². The van der Waals surface area contributed by atoms with Crippen LogP contribution in [0.15, 0.2) is 59.6 Å². The Morgan fingerprint density at radius 2 is 1.75 bits per heavy atom. The summed E-state index contributed by atoms with van der Waals surface area (Å²) in [6, 6.07) is 17.9. The molecule has 0 aliphatic heterocycles. The maximum atomic E-state index is 5.91. The van der Waals surface area contributed by atoms with Crippen LogP contribution < -0.4 is 11.1 Å². The van der Waals surface area contributed by atoms with Gasteiger partial charge in [-0.1, -0.05) is 48.5 Å². The number of methoxy groups -OCH3 is 1. The fourth-order valence-electron chi connectivity index (χ4n) is 2.10. The molecule has 3 N–H and O–H groups in total. The highest BCUT2D eigenvalue weighted by Crippen LogP contribution is 2.15. The van der Waals surface area contributed by atoms with Crippen molar-refractivity contribution in [3.05, 3.63) is 65.7 Å². The van der Waals surface area contributed by atoms with Gasteiger partial charge in [-0.2, -0.15) is 0 Å². The zero-order chi connectivity index (χ0) is 16.3. The minimum atomic E-state index is 0. The molecule has 0 saturated heterocycles. The van der Waals surface area contributed by atoms with Crippen molar-refractivity contribution >= 4 is 35.6 Å². The predicted molar refractivity (Wildman–Crippen MR) is 109 cm³/mol. The summed E-state index contributed by atoms with van der Waals surface area (Å²) >= 11 is 0. The molecular formula is C18H24IN3O2. The van der Waals surface area contributed by atoms with Gasteiger partial charge in [-0.3, -0.25) is 4.99 Å². The summed E-state index contributed by atoms with van der Waals surface area (Å²) < 4.78 is 10.7. The highest BCUT2D eigenvalue weighted by molar-refractivity contribution is 14.0. The van der Waals surface area contributed by atoms with E-state index in [-0.39, 0.29) is 24.0 Å². The van der Waals surface area contributed by atoms with Gasteiger partial charge in [-0.15, -0.1) is 24.0 Å².